The number of carboxylic acid groups (broad SMARTS) is 1. The molecule has 5 nitrogen and oxygen atoms in total. The van der Waals surface area contributed by atoms with Gasteiger partial charge in [-0.25, -0.2) is 4.57 Å². The average Bonchev–Trinajstić information content (AvgIpc) is 2.67. The summed E-state index contributed by atoms with van der Waals surface area (Å²) in [7, 11) is 1.73. The molecule has 0 amide bonds. The Kier molecular flexibility index (Phi) is 7.66. The molecule has 0 N–H and O–H groups in total. The summed E-state index contributed by atoms with van der Waals surface area (Å²) in [5, 5.41) is 8.89. The Balaban J connectivity index is 0.000000487. The largest absolute Gasteiger partial charge is 0.550 e. The molecule has 0 bridgehead atoms. The Morgan fingerprint density at radius 2 is 2.25 bits per heavy atom. The highest BCUT2D eigenvalue weighted by Gasteiger charge is 2.12. The molecule has 0 saturated carbocycles. The third-order valence-electron chi connectivity index (χ3n) is 1.80. The molecule has 6 heteroatoms. The molecule has 0 aliphatic carbocycles. The molecule has 0 fully saturated rings. The number of hydrogen-bond acceptors (Lipinski definition) is 4. The van der Waals surface area contributed by atoms with Gasteiger partial charge in [0.2, 0.25) is 6.23 Å². The van der Waals surface area contributed by atoms with Crippen LogP contribution in [0.2, 0.25) is 0 Å². The topological polar surface area (TPSA) is 58.2 Å². The maximum absolute atomic E-state index is 8.89. The van der Waals surface area contributed by atoms with Gasteiger partial charge in [0.15, 0.2) is 0 Å². The van der Waals surface area contributed by atoms with Crippen molar-refractivity contribution in [2.45, 2.75) is 26.5 Å². The molecule has 0 aliphatic heterocycles. The zero-order valence-electron chi connectivity index (χ0n) is 10.0. The Bertz CT molecular complexity index is 307. The number of carboxylic acids is 1. The number of carbonyl (C=O) groups excluding carboxylic acids is 1. The van der Waals surface area contributed by atoms with Crippen LogP contribution in [-0.4, -0.2) is 23.3 Å². The lowest BCUT2D eigenvalue weighted by atomic mass is 10.4. The molecule has 1 unspecified atom stereocenters. The first-order valence-electron chi connectivity index (χ1n) is 4.88. The highest BCUT2D eigenvalue weighted by Crippen LogP contribution is 2.04. The van der Waals surface area contributed by atoms with Crippen molar-refractivity contribution in [1.29, 1.82) is 0 Å². The van der Waals surface area contributed by atoms with Crippen LogP contribution in [0.4, 0.5) is 0 Å². The lowest BCUT2D eigenvalue weighted by molar-refractivity contribution is -0.760. The molecule has 1 atom stereocenters. The summed E-state index contributed by atoms with van der Waals surface area (Å²) in [5.74, 6) is -1.08. The van der Waals surface area contributed by atoms with E-state index in [9.17, 15) is 0 Å². The van der Waals surface area contributed by atoms with Crippen molar-refractivity contribution in [2.75, 3.05) is 13.4 Å². The highest BCUT2D eigenvalue weighted by atomic mass is 32.2. The maximum atomic E-state index is 8.89. The average molecular weight is 246 g/mol. The van der Waals surface area contributed by atoms with E-state index in [2.05, 4.69) is 11.5 Å². The quantitative estimate of drug-likeness (QED) is 0.713. The summed E-state index contributed by atoms with van der Waals surface area (Å²) in [6, 6.07) is 0. The Hall–Kier alpha value is -1.01. The molecule has 0 aromatic carbocycles. The normalized spacial score (nSPS) is 11.5. The van der Waals surface area contributed by atoms with E-state index in [1.54, 1.807) is 19.1 Å². The van der Waals surface area contributed by atoms with Crippen LogP contribution in [0.1, 0.15) is 26.5 Å². The highest BCUT2D eigenvalue weighted by molar-refractivity contribution is 7.97. The summed E-state index contributed by atoms with van der Waals surface area (Å²) in [5.41, 5.74) is 0. The molecule has 92 valence electrons. The first kappa shape index (κ1) is 15.0. The number of nitrogens with zero attached hydrogens (tertiary/aromatic N) is 2. The monoisotopic (exact) mass is 246 g/mol. The molecule has 1 aromatic rings. The summed E-state index contributed by atoms with van der Waals surface area (Å²) >= 11 is 1.67. The molecule has 1 rings (SSSR count). The number of imidazole rings is 1. The van der Waals surface area contributed by atoms with Crippen LogP contribution in [0.25, 0.3) is 0 Å². The van der Waals surface area contributed by atoms with Crippen LogP contribution in [0.5, 0.6) is 0 Å². The molecule has 0 aliphatic rings. The van der Waals surface area contributed by atoms with E-state index in [1.165, 1.54) is 0 Å². The minimum atomic E-state index is -1.08. The van der Waals surface area contributed by atoms with Crippen LogP contribution in [0.3, 0.4) is 0 Å². The first-order chi connectivity index (χ1) is 7.54. The summed E-state index contributed by atoms with van der Waals surface area (Å²) in [6.45, 7) is 3.08. The van der Waals surface area contributed by atoms with E-state index in [0.717, 1.165) is 13.3 Å². The van der Waals surface area contributed by atoms with E-state index < -0.39 is 5.97 Å². The van der Waals surface area contributed by atoms with E-state index in [-0.39, 0.29) is 6.23 Å². The van der Waals surface area contributed by atoms with Crippen LogP contribution in [-0.2, 0) is 9.53 Å². The van der Waals surface area contributed by atoms with E-state index in [0.29, 0.717) is 0 Å². The third kappa shape index (κ3) is 5.77. The van der Waals surface area contributed by atoms with Crippen molar-refractivity contribution in [3.8, 4) is 0 Å². The Morgan fingerprint density at radius 3 is 2.56 bits per heavy atom. The number of aromatic nitrogens is 2. The van der Waals surface area contributed by atoms with Gasteiger partial charge in [0.05, 0.1) is 11.9 Å². The molecular formula is C10H18N2O3S. The first-order valence-corrected chi connectivity index (χ1v) is 6.06. The fourth-order valence-electron chi connectivity index (χ4n) is 1.13. The van der Waals surface area contributed by atoms with Crippen molar-refractivity contribution in [2.24, 2.45) is 0 Å². The van der Waals surface area contributed by atoms with Gasteiger partial charge in [0.1, 0.15) is 12.4 Å². The summed E-state index contributed by atoms with van der Waals surface area (Å²) in [6.07, 6.45) is 9.26. The summed E-state index contributed by atoms with van der Waals surface area (Å²) in [4.78, 5) is 8.89. The maximum Gasteiger partial charge on any atom is 0.257 e. The molecule has 0 radical (unpaired) electrons. The number of methoxy groups -OCH3 is 1. The lowest BCUT2D eigenvalue weighted by Gasteiger charge is -2.07. The van der Waals surface area contributed by atoms with E-state index >= 15 is 0 Å². The second kappa shape index (κ2) is 8.18. The molecule has 1 heterocycles. The van der Waals surface area contributed by atoms with E-state index in [1.807, 2.05) is 28.9 Å². The number of carbonyl (C=O) groups is 1. The molecule has 16 heavy (non-hydrogen) atoms. The van der Waals surface area contributed by atoms with Gasteiger partial charge in [-0.15, -0.1) is 0 Å². The SMILES string of the molecule is CC(=O)[O-].CCC(OC)[n+]1ccn(SC)c1. The molecular weight excluding hydrogens is 228 g/mol. The minimum Gasteiger partial charge on any atom is -0.550 e. The Morgan fingerprint density at radius 1 is 1.69 bits per heavy atom. The third-order valence-corrected chi connectivity index (χ3v) is 2.44. The van der Waals surface area contributed by atoms with Crippen molar-refractivity contribution >= 4 is 17.9 Å². The lowest BCUT2D eigenvalue weighted by Crippen LogP contribution is -2.37. The van der Waals surface area contributed by atoms with Crippen LogP contribution < -0.4 is 9.67 Å². The van der Waals surface area contributed by atoms with Gasteiger partial charge in [-0.3, -0.25) is 0 Å². The number of ether oxygens (including phenoxy) is 1. The predicted molar refractivity (Wildman–Crippen MR) is 60.6 cm³/mol. The second-order valence-electron chi connectivity index (χ2n) is 2.99. The van der Waals surface area contributed by atoms with Crippen molar-refractivity contribution in [3.63, 3.8) is 0 Å². The smallest absolute Gasteiger partial charge is 0.257 e. The van der Waals surface area contributed by atoms with Crippen LogP contribution >= 0.6 is 11.9 Å². The standard InChI is InChI=1S/C8H15N2OS.C2H4O2/c1-4-8(11-2)9-5-6-10(7-9)12-3;1-2(3)4/h5-8H,4H2,1-3H3;1H3,(H,3,4)/q+1;/p-1. The van der Waals surface area contributed by atoms with Gasteiger partial charge in [-0.05, 0) is 6.92 Å². The Labute approximate surface area is 100 Å². The van der Waals surface area contributed by atoms with E-state index in [4.69, 9.17) is 14.6 Å². The zero-order chi connectivity index (χ0) is 12.6. The van der Waals surface area contributed by atoms with Crippen molar-refractivity contribution in [3.05, 3.63) is 18.7 Å². The van der Waals surface area contributed by atoms with Gasteiger partial charge < -0.3 is 14.6 Å². The van der Waals surface area contributed by atoms with Crippen molar-refractivity contribution < 1.29 is 19.2 Å². The number of hydrogen-bond donors (Lipinski definition) is 0. The molecule has 0 saturated heterocycles. The predicted octanol–water partition coefficient (Wildman–Crippen LogP) is 0.213. The fourth-order valence-corrected chi connectivity index (χ4v) is 1.51. The van der Waals surface area contributed by atoms with Gasteiger partial charge >= 0.3 is 0 Å². The van der Waals surface area contributed by atoms with Crippen molar-refractivity contribution in [1.82, 2.24) is 3.97 Å². The molecule has 1 aromatic heterocycles. The minimum absolute atomic E-state index is 0.165. The van der Waals surface area contributed by atoms with Gasteiger partial charge in [-0.1, -0.05) is 6.92 Å². The number of aliphatic carboxylic acids is 1. The van der Waals surface area contributed by atoms with Gasteiger partial charge in [0.25, 0.3) is 6.33 Å². The van der Waals surface area contributed by atoms with Crippen LogP contribution in [0.15, 0.2) is 18.7 Å². The van der Waals surface area contributed by atoms with Gasteiger partial charge in [0, 0.05) is 25.8 Å². The van der Waals surface area contributed by atoms with Gasteiger partial charge in [-0.2, -0.15) is 3.97 Å². The molecule has 0 spiro atoms. The van der Waals surface area contributed by atoms with Crippen LogP contribution in [0, 0.1) is 0 Å². The summed E-state index contributed by atoms with van der Waals surface area (Å²) < 4.78 is 9.39. The number of rotatable bonds is 4. The zero-order valence-corrected chi connectivity index (χ0v) is 10.9. The fraction of sp³-hybridized carbons (Fsp3) is 0.600. The second-order valence-corrected chi connectivity index (χ2v) is 3.78.